The van der Waals surface area contributed by atoms with Crippen molar-refractivity contribution >= 4 is 11.8 Å². The molecule has 0 amide bonds. The molecule has 0 bridgehead atoms. The Morgan fingerprint density at radius 3 is 2.30 bits per heavy atom. The SMILES string of the molecule is CC(C)OC(=O)C(F)C(=O)c1ccc(C#N)c(C#N)c1. The average Bonchev–Trinajstić information content (AvgIpc) is 2.44. The molecule has 0 saturated heterocycles. The van der Waals surface area contributed by atoms with E-state index in [1.807, 2.05) is 0 Å². The second-order valence-corrected chi connectivity index (χ2v) is 4.20. The second-order valence-electron chi connectivity index (χ2n) is 4.20. The quantitative estimate of drug-likeness (QED) is 0.475. The third kappa shape index (κ3) is 3.39. The first kappa shape index (κ1) is 15.3. The smallest absolute Gasteiger partial charge is 0.349 e. The minimum absolute atomic E-state index is 0.0530. The third-order valence-electron chi connectivity index (χ3n) is 2.33. The van der Waals surface area contributed by atoms with Gasteiger partial charge in [0.25, 0.3) is 6.17 Å². The Kier molecular flexibility index (Phi) is 4.94. The molecule has 0 radical (unpaired) electrons. The van der Waals surface area contributed by atoms with Crippen molar-refractivity contribution in [1.29, 1.82) is 10.5 Å². The molecule has 1 aromatic rings. The summed E-state index contributed by atoms with van der Waals surface area (Å²) in [4.78, 5) is 23.1. The van der Waals surface area contributed by atoms with Crippen LogP contribution in [0, 0.1) is 22.7 Å². The van der Waals surface area contributed by atoms with Crippen molar-refractivity contribution in [3.05, 3.63) is 34.9 Å². The van der Waals surface area contributed by atoms with Crippen LogP contribution in [0.4, 0.5) is 4.39 Å². The van der Waals surface area contributed by atoms with Gasteiger partial charge < -0.3 is 4.74 Å². The monoisotopic (exact) mass is 274 g/mol. The van der Waals surface area contributed by atoms with E-state index in [0.29, 0.717) is 0 Å². The molecule has 0 fully saturated rings. The summed E-state index contributed by atoms with van der Waals surface area (Å²) in [6, 6.07) is 7.00. The van der Waals surface area contributed by atoms with Crippen molar-refractivity contribution in [3.63, 3.8) is 0 Å². The van der Waals surface area contributed by atoms with Gasteiger partial charge in [0.15, 0.2) is 0 Å². The molecule has 0 aliphatic carbocycles. The standard InChI is InChI=1S/C14H11FN2O3/c1-8(2)20-14(19)12(15)13(18)9-3-4-10(6-16)11(5-9)7-17/h3-5,8,12H,1-2H3. The number of nitrogens with zero attached hydrogens (tertiary/aromatic N) is 2. The molecule has 6 heteroatoms. The molecule has 0 N–H and O–H groups in total. The van der Waals surface area contributed by atoms with E-state index in [1.165, 1.54) is 26.0 Å². The summed E-state index contributed by atoms with van der Waals surface area (Å²) < 4.78 is 18.3. The summed E-state index contributed by atoms with van der Waals surface area (Å²) in [6.45, 7) is 3.06. The Labute approximate surface area is 115 Å². The lowest BCUT2D eigenvalue weighted by atomic mass is 10.0. The first-order valence-corrected chi connectivity index (χ1v) is 5.73. The summed E-state index contributed by atoms with van der Waals surface area (Å²) in [6.07, 6.45) is -2.99. The van der Waals surface area contributed by atoms with Crippen LogP contribution in [0.1, 0.15) is 35.3 Å². The molecule has 20 heavy (non-hydrogen) atoms. The Balaban J connectivity index is 3.02. The maximum atomic E-state index is 13.7. The zero-order valence-electron chi connectivity index (χ0n) is 10.9. The van der Waals surface area contributed by atoms with E-state index in [4.69, 9.17) is 10.5 Å². The summed E-state index contributed by atoms with van der Waals surface area (Å²) in [5, 5.41) is 17.6. The fourth-order valence-corrected chi connectivity index (χ4v) is 1.43. The fraction of sp³-hybridized carbons (Fsp3) is 0.286. The van der Waals surface area contributed by atoms with Crippen molar-refractivity contribution in [1.82, 2.24) is 0 Å². The van der Waals surface area contributed by atoms with Crippen LogP contribution >= 0.6 is 0 Å². The Morgan fingerprint density at radius 2 is 1.80 bits per heavy atom. The average molecular weight is 274 g/mol. The Morgan fingerprint density at radius 1 is 1.20 bits per heavy atom. The number of nitriles is 2. The first-order chi connectivity index (χ1) is 9.40. The zero-order valence-corrected chi connectivity index (χ0v) is 10.9. The van der Waals surface area contributed by atoms with Gasteiger partial charge in [-0.2, -0.15) is 10.5 Å². The Hall–Kier alpha value is -2.73. The van der Waals surface area contributed by atoms with Gasteiger partial charge in [0.1, 0.15) is 12.1 Å². The molecule has 1 atom stereocenters. The van der Waals surface area contributed by atoms with Gasteiger partial charge in [0.05, 0.1) is 17.2 Å². The van der Waals surface area contributed by atoms with Gasteiger partial charge in [-0.05, 0) is 32.0 Å². The van der Waals surface area contributed by atoms with Gasteiger partial charge in [-0.25, -0.2) is 9.18 Å². The first-order valence-electron chi connectivity index (χ1n) is 5.73. The van der Waals surface area contributed by atoms with Crippen LogP contribution in [-0.4, -0.2) is 24.0 Å². The van der Waals surface area contributed by atoms with Gasteiger partial charge in [-0.3, -0.25) is 4.79 Å². The van der Waals surface area contributed by atoms with Crippen LogP contribution in [0.25, 0.3) is 0 Å². The Bertz CT molecular complexity index is 626. The number of carbonyl (C=O) groups excluding carboxylic acids is 2. The topological polar surface area (TPSA) is 90.9 Å². The normalized spacial score (nSPS) is 11.3. The van der Waals surface area contributed by atoms with Gasteiger partial charge in [0.2, 0.25) is 5.78 Å². The maximum Gasteiger partial charge on any atom is 0.349 e. The molecule has 0 aliphatic rings. The minimum Gasteiger partial charge on any atom is -0.460 e. The molecule has 0 saturated carbocycles. The lowest BCUT2D eigenvalue weighted by Gasteiger charge is -2.11. The molecule has 0 spiro atoms. The van der Waals surface area contributed by atoms with Crippen molar-refractivity contribution in [2.75, 3.05) is 0 Å². The van der Waals surface area contributed by atoms with E-state index < -0.39 is 24.0 Å². The molecular weight excluding hydrogens is 263 g/mol. The third-order valence-corrected chi connectivity index (χ3v) is 2.33. The van der Waals surface area contributed by atoms with Gasteiger partial charge in [-0.1, -0.05) is 0 Å². The molecule has 0 aliphatic heterocycles. The van der Waals surface area contributed by atoms with E-state index in [-0.39, 0.29) is 16.7 Å². The summed E-state index contributed by atoms with van der Waals surface area (Å²) in [7, 11) is 0. The van der Waals surface area contributed by atoms with E-state index in [2.05, 4.69) is 4.74 Å². The molecule has 0 heterocycles. The molecule has 1 rings (SSSR count). The number of ether oxygens (including phenoxy) is 1. The van der Waals surface area contributed by atoms with Crippen molar-refractivity contribution in [2.45, 2.75) is 26.1 Å². The van der Waals surface area contributed by atoms with E-state index in [0.717, 1.165) is 6.07 Å². The van der Waals surface area contributed by atoms with Gasteiger partial charge in [-0.15, -0.1) is 0 Å². The highest BCUT2D eigenvalue weighted by Gasteiger charge is 2.29. The van der Waals surface area contributed by atoms with E-state index in [1.54, 1.807) is 12.1 Å². The second kappa shape index (κ2) is 6.44. The van der Waals surface area contributed by atoms with Crippen molar-refractivity contribution < 1.29 is 18.7 Å². The molecule has 1 unspecified atom stereocenters. The number of hydrogen-bond acceptors (Lipinski definition) is 5. The van der Waals surface area contributed by atoms with Crippen LogP contribution < -0.4 is 0 Å². The molecule has 5 nitrogen and oxygen atoms in total. The number of esters is 1. The number of Topliss-reactive ketones (excluding diaryl/α,β-unsaturated/α-hetero) is 1. The molecule has 0 aromatic heterocycles. The molecule has 1 aromatic carbocycles. The van der Waals surface area contributed by atoms with Crippen LogP contribution in [0.15, 0.2) is 18.2 Å². The number of hydrogen-bond donors (Lipinski definition) is 0. The summed E-state index contributed by atoms with van der Waals surface area (Å²) in [5.41, 5.74) is -0.138. The largest absolute Gasteiger partial charge is 0.460 e. The highest BCUT2D eigenvalue weighted by molar-refractivity contribution is 6.11. The van der Waals surface area contributed by atoms with Crippen LogP contribution in [0.2, 0.25) is 0 Å². The molecule has 102 valence electrons. The predicted octanol–water partition coefficient (Wildman–Crippen LogP) is 1.90. The van der Waals surface area contributed by atoms with Crippen molar-refractivity contribution in [3.8, 4) is 12.1 Å². The number of alkyl halides is 1. The number of rotatable bonds is 4. The van der Waals surface area contributed by atoms with Gasteiger partial charge >= 0.3 is 5.97 Å². The number of ketones is 1. The summed E-state index contributed by atoms with van der Waals surface area (Å²) >= 11 is 0. The van der Waals surface area contributed by atoms with E-state index in [9.17, 15) is 14.0 Å². The highest BCUT2D eigenvalue weighted by atomic mass is 19.1. The predicted molar refractivity (Wildman–Crippen MR) is 66.3 cm³/mol. The van der Waals surface area contributed by atoms with Crippen molar-refractivity contribution in [2.24, 2.45) is 0 Å². The number of carbonyl (C=O) groups is 2. The minimum atomic E-state index is -2.45. The zero-order chi connectivity index (χ0) is 15.3. The van der Waals surface area contributed by atoms with E-state index >= 15 is 0 Å². The lowest BCUT2D eigenvalue weighted by Crippen LogP contribution is -2.29. The number of benzene rings is 1. The number of halogens is 1. The van der Waals surface area contributed by atoms with Crippen LogP contribution in [0.3, 0.4) is 0 Å². The van der Waals surface area contributed by atoms with Gasteiger partial charge in [0, 0.05) is 5.56 Å². The van der Waals surface area contributed by atoms with Crippen LogP contribution in [-0.2, 0) is 9.53 Å². The summed E-state index contributed by atoms with van der Waals surface area (Å²) in [5.74, 6) is -2.37. The maximum absolute atomic E-state index is 13.7. The highest BCUT2D eigenvalue weighted by Crippen LogP contribution is 2.14. The lowest BCUT2D eigenvalue weighted by molar-refractivity contribution is -0.151. The molecular formula is C14H11FN2O3. The van der Waals surface area contributed by atoms with Crippen LogP contribution in [0.5, 0.6) is 0 Å². The fourth-order valence-electron chi connectivity index (χ4n) is 1.43.